The Labute approximate surface area is 252 Å². The predicted molar refractivity (Wildman–Crippen MR) is 163 cm³/mol. The van der Waals surface area contributed by atoms with E-state index in [1.165, 1.54) is 19.2 Å². The Hall–Kier alpha value is -5.10. The third-order valence-electron chi connectivity index (χ3n) is 6.16. The lowest BCUT2D eigenvalue weighted by Gasteiger charge is -2.16. The van der Waals surface area contributed by atoms with E-state index in [4.69, 9.17) is 14.2 Å². The fraction of sp³-hybridized carbons (Fsp3) is 0.194. The van der Waals surface area contributed by atoms with Crippen molar-refractivity contribution in [3.05, 3.63) is 105 Å². The van der Waals surface area contributed by atoms with Gasteiger partial charge in [-0.1, -0.05) is 18.2 Å². The number of ether oxygens (including phenoxy) is 3. The van der Waals surface area contributed by atoms with Gasteiger partial charge in [0.25, 0.3) is 16.8 Å². The quantitative estimate of drug-likeness (QED) is 0.108. The highest BCUT2D eigenvalue weighted by atomic mass is 32.2. The summed E-state index contributed by atoms with van der Waals surface area (Å²) in [6.07, 6.45) is 3.62. The second-order valence-corrected chi connectivity index (χ2v) is 10.2. The topological polar surface area (TPSA) is 137 Å². The molecule has 3 aromatic carbocycles. The van der Waals surface area contributed by atoms with E-state index in [0.717, 1.165) is 16.7 Å². The molecule has 3 amide bonds. The normalized spacial score (nSPS) is 13.6. The molecule has 3 aromatic rings. The number of rotatable bonds is 13. The van der Waals surface area contributed by atoms with Crippen LogP contribution in [0, 0.1) is 10.1 Å². The van der Waals surface area contributed by atoms with Gasteiger partial charge >= 0.3 is 0 Å². The van der Waals surface area contributed by atoms with Crippen LogP contribution in [0.25, 0.3) is 6.08 Å². The summed E-state index contributed by atoms with van der Waals surface area (Å²) in [5.74, 6) is 0.335. The van der Waals surface area contributed by atoms with E-state index in [9.17, 15) is 24.5 Å². The molecule has 0 aliphatic carbocycles. The van der Waals surface area contributed by atoms with Gasteiger partial charge in [0.15, 0.2) is 11.5 Å². The van der Waals surface area contributed by atoms with E-state index < -0.39 is 28.5 Å². The van der Waals surface area contributed by atoms with Crippen LogP contribution in [0.3, 0.4) is 0 Å². The molecule has 0 radical (unpaired) electrons. The first-order chi connectivity index (χ1) is 20.7. The summed E-state index contributed by atoms with van der Waals surface area (Å²) in [5.41, 5.74) is 2.33. The van der Waals surface area contributed by atoms with Gasteiger partial charge in [-0.05, 0) is 78.7 Å². The van der Waals surface area contributed by atoms with Crippen molar-refractivity contribution in [2.45, 2.75) is 20.0 Å². The zero-order chi connectivity index (χ0) is 30.9. The number of carbonyl (C=O) groups excluding carboxylic acids is 3. The second-order valence-electron chi connectivity index (χ2n) is 9.19. The molecule has 43 heavy (non-hydrogen) atoms. The number of carbonyl (C=O) groups is 3. The molecular formula is C31H29N3O8S. The van der Waals surface area contributed by atoms with Gasteiger partial charge in [0.2, 0.25) is 5.91 Å². The maximum atomic E-state index is 13.1. The lowest BCUT2D eigenvalue weighted by Crippen LogP contribution is -2.36. The summed E-state index contributed by atoms with van der Waals surface area (Å²) in [5, 5.41) is 13.2. The Morgan fingerprint density at radius 3 is 2.56 bits per heavy atom. The fourth-order valence-electron chi connectivity index (χ4n) is 4.24. The van der Waals surface area contributed by atoms with E-state index in [1.54, 1.807) is 60.7 Å². The van der Waals surface area contributed by atoms with Crippen molar-refractivity contribution in [3.63, 3.8) is 0 Å². The first-order valence-electron chi connectivity index (χ1n) is 13.2. The molecule has 1 saturated heterocycles. The molecule has 11 nitrogen and oxygen atoms in total. The van der Waals surface area contributed by atoms with E-state index in [-0.39, 0.29) is 17.2 Å². The average Bonchev–Trinajstić information content (AvgIpc) is 3.24. The third-order valence-corrected chi connectivity index (χ3v) is 7.07. The Bertz CT molecular complexity index is 1590. The van der Waals surface area contributed by atoms with Crippen LogP contribution in [0.5, 0.6) is 17.2 Å². The van der Waals surface area contributed by atoms with Gasteiger partial charge in [-0.2, -0.15) is 0 Å². The maximum absolute atomic E-state index is 13.1. The van der Waals surface area contributed by atoms with Gasteiger partial charge in [-0.15, -0.1) is 6.58 Å². The van der Waals surface area contributed by atoms with Crippen LogP contribution in [0.4, 0.5) is 16.2 Å². The van der Waals surface area contributed by atoms with Crippen LogP contribution in [-0.4, -0.2) is 47.1 Å². The summed E-state index contributed by atoms with van der Waals surface area (Å²) in [7, 11) is 1.47. The second kappa shape index (κ2) is 14.2. The number of nitrogens with one attached hydrogen (secondary N) is 1. The first-order valence-corrected chi connectivity index (χ1v) is 14.0. The number of non-ortho nitro benzene ring substituents is 1. The summed E-state index contributed by atoms with van der Waals surface area (Å²) in [6, 6.07) is 16.3. The van der Waals surface area contributed by atoms with E-state index in [2.05, 4.69) is 11.9 Å². The van der Waals surface area contributed by atoms with Crippen molar-refractivity contribution >= 4 is 46.3 Å². The molecule has 1 aliphatic heterocycles. The number of nitrogens with zero attached hydrogens (tertiary/aromatic N) is 2. The molecule has 4 rings (SSSR count). The number of benzene rings is 3. The van der Waals surface area contributed by atoms with Crippen molar-refractivity contribution in [1.82, 2.24) is 4.90 Å². The van der Waals surface area contributed by atoms with Crippen LogP contribution in [0.2, 0.25) is 0 Å². The van der Waals surface area contributed by atoms with Crippen LogP contribution >= 0.6 is 11.8 Å². The number of amides is 3. The fourth-order valence-corrected chi connectivity index (χ4v) is 5.08. The molecule has 1 N–H and O–H groups in total. The number of thioether (sulfide) groups is 1. The monoisotopic (exact) mass is 603 g/mol. The molecule has 0 aromatic heterocycles. The Kier molecular flexibility index (Phi) is 10.2. The highest BCUT2D eigenvalue weighted by Crippen LogP contribution is 2.37. The van der Waals surface area contributed by atoms with Crippen LogP contribution in [0.15, 0.2) is 78.2 Å². The van der Waals surface area contributed by atoms with Gasteiger partial charge in [0, 0.05) is 23.4 Å². The summed E-state index contributed by atoms with van der Waals surface area (Å²) < 4.78 is 17.0. The highest BCUT2D eigenvalue weighted by molar-refractivity contribution is 8.18. The zero-order valence-electron chi connectivity index (χ0n) is 23.5. The molecule has 0 atom stereocenters. The van der Waals surface area contributed by atoms with Gasteiger partial charge in [0.1, 0.15) is 18.9 Å². The standard InChI is InChI=1S/C31H29N3O8S/c1-4-7-22-14-21(16-26(40-3)29(22)42-19-20-8-6-9-24(15-20)34(38)39)17-27-30(36)33(31(37)43-27)18-28(35)32-23-10-12-25(13-11-23)41-5-2/h4,6,8-17H,1,5,7,18-19H2,2-3H3,(H,32,35)/b27-17+. The van der Waals surface area contributed by atoms with Gasteiger partial charge in [0.05, 0.1) is 23.5 Å². The molecule has 1 heterocycles. The molecule has 1 aliphatic rings. The molecule has 0 saturated carbocycles. The molecule has 0 unspecified atom stereocenters. The van der Waals surface area contributed by atoms with E-state index >= 15 is 0 Å². The molecule has 12 heteroatoms. The summed E-state index contributed by atoms with van der Waals surface area (Å²) in [6.45, 7) is 5.79. The number of hydrogen-bond donors (Lipinski definition) is 1. The van der Waals surface area contributed by atoms with Crippen molar-refractivity contribution in [2.75, 3.05) is 25.6 Å². The first kappa shape index (κ1) is 30.8. The number of imide groups is 1. The molecule has 0 bridgehead atoms. The van der Waals surface area contributed by atoms with Crippen LogP contribution in [-0.2, 0) is 22.6 Å². The lowest BCUT2D eigenvalue weighted by molar-refractivity contribution is -0.384. The molecule has 222 valence electrons. The largest absolute Gasteiger partial charge is 0.494 e. The predicted octanol–water partition coefficient (Wildman–Crippen LogP) is 5.98. The molecule has 0 spiro atoms. The number of methoxy groups -OCH3 is 1. The van der Waals surface area contributed by atoms with Crippen LogP contribution in [0.1, 0.15) is 23.6 Å². The number of hydrogen-bond acceptors (Lipinski definition) is 9. The summed E-state index contributed by atoms with van der Waals surface area (Å²) in [4.78, 5) is 50.0. The minimum atomic E-state index is -0.591. The summed E-state index contributed by atoms with van der Waals surface area (Å²) >= 11 is 0.735. The highest BCUT2D eigenvalue weighted by Gasteiger charge is 2.36. The van der Waals surface area contributed by atoms with Crippen LogP contribution < -0.4 is 19.5 Å². The van der Waals surface area contributed by atoms with E-state index in [0.29, 0.717) is 52.7 Å². The SMILES string of the molecule is C=CCc1cc(/C=C2/SC(=O)N(CC(=O)Nc3ccc(OCC)cc3)C2=O)cc(OC)c1OCc1cccc([N+](=O)[O-])c1. The Morgan fingerprint density at radius 1 is 1.12 bits per heavy atom. The minimum Gasteiger partial charge on any atom is -0.494 e. The van der Waals surface area contributed by atoms with Crippen molar-refractivity contribution in [2.24, 2.45) is 0 Å². The smallest absolute Gasteiger partial charge is 0.294 e. The average molecular weight is 604 g/mol. The molecular weight excluding hydrogens is 574 g/mol. The number of nitro benzene ring substituents is 1. The maximum Gasteiger partial charge on any atom is 0.294 e. The van der Waals surface area contributed by atoms with Gasteiger partial charge in [-0.3, -0.25) is 29.4 Å². The van der Waals surface area contributed by atoms with E-state index in [1.807, 2.05) is 6.92 Å². The number of allylic oxidation sites excluding steroid dienone is 1. The number of nitro groups is 1. The van der Waals surface area contributed by atoms with Gasteiger partial charge < -0.3 is 19.5 Å². The molecule has 1 fully saturated rings. The zero-order valence-corrected chi connectivity index (χ0v) is 24.3. The Morgan fingerprint density at radius 2 is 1.88 bits per heavy atom. The number of anilines is 1. The van der Waals surface area contributed by atoms with Crippen molar-refractivity contribution in [3.8, 4) is 17.2 Å². The van der Waals surface area contributed by atoms with Gasteiger partial charge in [-0.25, -0.2) is 0 Å². The third kappa shape index (κ3) is 7.80. The van der Waals surface area contributed by atoms with Crippen molar-refractivity contribution in [1.29, 1.82) is 0 Å². The lowest BCUT2D eigenvalue weighted by atomic mass is 10.0. The Balaban J connectivity index is 1.49. The van der Waals surface area contributed by atoms with Crippen molar-refractivity contribution < 1.29 is 33.5 Å². The minimum absolute atomic E-state index is 0.0441.